The maximum Gasteiger partial charge on any atom is 0.269 e. The zero-order chi connectivity index (χ0) is 14.5. The van der Waals surface area contributed by atoms with Crippen LogP contribution in [-0.2, 0) is 6.54 Å². The Balaban J connectivity index is 2.20. The number of hydrogen-bond acceptors (Lipinski definition) is 4. The van der Waals surface area contributed by atoms with Gasteiger partial charge in [-0.25, -0.2) is 9.67 Å². The molecule has 2 heterocycles. The van der Waals surface area contributed by atoms with Crippen molar-refractivity contribution in [3.05, 3.63) is 51.7 Å². The zero-order valence-corrected chi connectivity index (χ0v) is 12.3. The fourth-order valence-corrected chi connectivity index (χ4v) is 2.09. The first kappa shape index (κ1) is 14.5. The molecular formula is C14H17ClN4O. The molecule has 0 unspecified atom stereocenters. The van der Waals surface area contributed by atoms with E-state index in [1.54, 1.807) is 24.4 Å². The molecule has 20 heavy (non-hydrogen) atoms. The average Bonchev–Trinajstić information content (AvgIpc) is 2.41. The second-order valence-corrected chi connectivity index (χ2v) is 4.97. The number of hydrogen-bond donors (Lipinski definition) is 0. The minimum absolute atomic E-state index is 0.146. The lowest BCUT2D eigenvalue weighted by atomic mass is 10.3. The summed E-state index contributed by atoms with van der Waals surface area (Å²) in [7, 11) is 1.95. The van der Waals surface area contributed by atoms with Crippen LogP contribution in [-0.4, -0.2) is 28.4 Å². The highest BCUT2D eigenvalue weighted by Crippen LogP contribution is 2.08. The van der Waals surface area contributed by atoms with E-state index in [4.69, 9.17) is 11.6 Å². The smallest absolute Gasteiger partial charge is 0.269 e. The molecule has 2 aromatic rings. The molecule has 0 bridgehead atoms. The number of nitrogens with zero attached hydrogens (tertiary/aromatic N) is 4. The lowest BCUT2D eigenvalue weighted by molar-refractivity contribution is 0.626. The van der Waals surface area contributed by atoms with Crippen molar-refractivity contribution in [3.63, 3.8) is 0 Å². The van der Waals surface area contributed by atoms with Crippen LogP contribution in [0.3, 0.4) is 0 Å². The quantitative estimate of drug-likeness (QED) is 0.793. The molecule has 0 radical (unpaired) electrons. The summed E-state index contributed by atoms with van der Waals surface area (Å²) in [5.74, 6) is 0. The molecule has 0 aromatic carbocycles. The van der Waals surface area contributed by atoms with Gasteiger partial charge in [-0.1, -0.05) is 24.6 Å². The van der Waals surface area contributed by atoms with Gasteiger partial charge in [0.15, 0.2) is 0 Å². The maximum atomic E-state index is 12.1. The maximum absolute atomic E-state index is 12.1. The van der Waals surface area contributed by atoms with Crippen LogP contribution in [0.1, 0.15) is 19.0 Å². The van der Waals surface area contributed by atoms with Crippen molar-refractivity contribution in [3.8, 4) is 0 Å². The van der Waals surface area contributed by atoms with Crippen molar-refractivity contribution >= 4 is 17.3 Å². The largest absolute Gasteiger partial charge is 0.373 e. The highest BCUT2D eigenvalue weighted by atomic mass is 35.5. The molecule has 0 aliphatic carbocycles. The summed E-state index contributed by atoms with van der Waals surface area (Å²) in [6.07, 6.45) is 2.72. The topological polar surface area (TPSA) is 51.0 Å². The van der Waals surface area contributed by atoms with Crippen LogP contribution in [0, 0.1) is 0 Å². The van der Waals surface area contributed by atoms with Gasteiger partial charge in [0.25, 0.3) is 5.56 Å². The predicted octanol–water partition coefficient (Wildman–Crippen LogP) is 2.19. The number of halogens is 1. The second kappa shape index (κ2) is 6.52. The molecule has 0 saturated carbocycles. The van der Waals surface area contributed by atoms with Gasteiger partial charge in [0.05, 0.1) is 24.1 Å². The lowest BCUT2D eigenvalue weighted by Gasteiger charge is -2.17. The van der Waals surface area contributed by atoms with Gasteiger partial charge >= 0.3 is 0 Å². The SMILES string of the molecule is CCCN(C)c1cnn(Cc2cccc(Cl)n2)c(=O)c1. The van der Waals surface area contributed by atoms with Crippen molar-refractivity contribution in [2.24, 2.45) is 0 Å². The number of aromatic nitrogens is 3. The minimum atomic E-state index is -0.146. The summed E-state index contributed by atoms with van der Waals surface area (Å²) in [6, 6.07) is 6.91. The fourth-order valence-electron chi connectivity index (χ4n) is 1.91. The van der Waals surface area contributed by atoms with Gasteiger partial charge in [0, 0.05) is 19.7 Å². The van der Waals surface area contributed by atoms with Crippen LogP contribution in [0.25, 0.3) is 0 Å². The Labute approximate surface area is 122 Å². The predicted molar refractivity (Wildman–Crippen MR) is 80.4 cm³/mol. The van der Waals surface area contributed by atoms with Gasteiger partial charge in [0.2, 0.25) is 0 Å². The third kappa shape index (κ3) is 3.57. The monoisotopic (exact) mass is 292 g/mol. The normalized spacial score (nSPS) is 10.6. The van der Waals surface area contributed by atoms with Gasteiger partial charge in [-0.3, -0.25) is 4.79 Å². The third-order valence-corrected chi connectivity index (χ3v) is 3.15. The third-order valence-electron chi connectivity index (χ3n) is 2.94. The molecule has 0 N–H and O–H groups in total. The second-order valence-electron chi connectivity index (χ2n) is 4.58. The Hall–Kier alpha value is -1.88. The zero-order valence-electron chi connectivity index (χ0n) is 11.6. The van der Waals surface area contributed by atoms with E-state index in [9.17, 15) is 4.79 Å². The first-order chi connectivity index (χ1) is 9.60. The molecule has 0 aliphatic rings. The first-order valence-electron chi connectivity index (χ1n) is 6.50. The Kier molecular flexibility index (Phi) is 4.74. The molecule has 2 rings (SSSR count). The van der Waals surface area contributed by atoms with Gasteiger partial charge < -0.3 is 4.90 Å². The molecule has 5 nitrogen and oxygen atoms in total. The standard InChI is InChI=1S/C14H17ClN4O/c1-3-7-18(2)12-8-14(20)19(16-9-12)10-11-5-4-6-13(15)17-11/h4-6,8-9H,3,7,10H2,1-2H3. The molecule has 0 fully saturated rings. The average molecular weight is 293 g/mol. The molecule has 2 aromatic heterocycles. The van der Waals surface area contributed by atoms with Crippen LogP contribution >= 0.6 is 11.6 Å². The first-order valence-corrected chi connectivity index (χ1v) is 6.87. The van der Waals surface area contributed by atoms with E-state index in [1.807, 2.05) is 18.0 Å². The Morgan fingerprint density at radius 3 is 2.85 bits per heavy atom. The molecule has 0 aliphatic heterocycles. The van der Waals surface area contributed by atoms with E-state index in [1.165, 1.54) is 4.68 Å². The molecule has 0 amide bonds. The Bertz CT molecular complexity index is 641. The van der Waals surface area contributed by atoms with Crippen LogP contribution < -0.4 is 10.5 Å². The molecule has 0 saturated heterocycles. The summed E-state index contributed by atoms with van der Waals surface area (Å²) >= 11 is 5.83. The Morgan fingerprint density at radius 1 is 1.40 bits per heavy atom. The summed E-state index contributed by atoms with van der Waals surface area (Å²) < 4.78 is 1.38. The molecule has 106 valence electrons. The van der Waals surface area contributed by atoms with Crippen molar-refractivity contribution in [1.82, 2.24) is 14.8 Å². The van der Waals surface area contributed by atoms with Gasteiger partial charge in [0.1, 0.15) is 5.15 Å². The van der Waals surface area contributed by atoms with Crippen LogP contribution in [0.5, 0.6) is 0 Å². The summed E-state index contributed by atoms with van der Waals surface area (Å²) in [4.78, 5) is 18.2. The van der Waals surface area contributed by atoms with E-state index >= 15 is 0 Å². The van der Waals surface area contributed by atoms with Crippen molar-refractivity contribution in [2.75, 3.05) is 18.5 Å². The number of pyridine rings is 1. The van der Waals surface area contributed by atoms with Crippen molar-refractivity contribution in [1.29, 1.82) is 0 Å². The highest BCUT2D eigenvalue weighted by molar-refractivity contribution is 6.29. The van der Waals surface area contributed by atoms with Crippen LogP contribution in [0.15, 0.2) is 35.3 Å². The van der Waals surface area contributed by atoms with Gasteiger partial charge in [-0.15, -0.1) is 0 Å². The fraction of sp³-hybridized carbons (Fsp3) is 0.357. The highest BCUT2D eigenvalue weighted by Gasteiger charge is 2.05. The minimum Gasteiger partial charge on any atom is -0.373 e. The van der Waals surface area contributed by atoms with E-state index in [-0.39, 0.29) is 5.56 Å². The molecule has 6 heteroatoms. The number of anilines is 1. The number of rotatable bonds is 5. The van der Waals surface area contributed by atoms with E-state index < -0.39 is 0 Å². The van der Waals surface area contributed by atoms with Crippen molar-refractivity contribution < 1.29 is 0 Å². The summed E-state index contributed by atoms with van der Waals surface area (Å²) in [6.45, 7) is 3.30. The van der Waals surface area contributed by atoms with E-state index in [0.717, 1.165) is 18.7 Å². The molecule has 0 atom stereocenters. The molecule has 0 spiro atoms. The summed E-state index contributed by atoms with van der Waals surface area (Å²) in [5.41, 5.74) is 1.39. The van der Waals surface area contributed by atoms with Crippen LogP contribution in [0.2, 0.25) is 5.15 Å². The lowest BCUT2D eigenvalue weighted by Crippen LogP contribution is -2.26. The van der Waals surface area contributed by atoms with Gasteiger partial charge in [-0.05, 0) is 18.6 Å². The summed E-state index contributed by atoms with van der Waals surface area (Å²) in [5, 5.41) is 4.60. The Morgan fingerprint density at radius 2 is 2.20 bits per heavy atom. The van der Waals surface area contributed by atoms with Crippen molar-refractivity contribution in [2.45, 2.75) is 19.9 Å². The van der Waals surface area contributed by atoms with E-state index in [2.05, 4.69) is 17.0 Å². The molecular weight excluding hydrogens is 276 g/mol. The van der Waals surface area contributed by atoms with Crippen LogP contribution in [0.4, 0.5) is 5.69 Å². The van der Waals surface area contributed by atoms with E-state index in [0.29, 0.717) is 17.4 Å². The van der Waals surface area contributed by atoms with Gasteiger partial charge in [-0.2, -0.15) is 5.10 Å².